The van der Waals surface area contributed by atoms with Crippen LogP contribution in [0.1, 0.15) is 27.8 Å². The number of Topliss-reactive ketones (excluding diaryl/α,β-unsaturated/α-hetero) is 1. The van der Waals surface area contributed by atoms with E-state index in [-0.39, 0.29) is 17.5 Å². The van der Waals surface area contributed by atoms with E-state index in [1.54, 1.807) is 36.4 Å². The highest BCUT2D eigenvalue weighted by atomic mass is 79.9. The van der Waals surface area contributed by atoms with Gasteiger partial charge in [-0.1, -0.05) is 15.9 Å². The molecule has 0 bridgehead atoms. The van der Waals surface area contributed by atoms with E-state index in [0.29, 0.717) is 16.8 Å². The van der Waals surface area contributed by atoms with Crippen LogP contribution >= 0.6 is 15.9 Å². The van der Waals surface area contributed by atoms with Crippen LogP contribution < -0.4 is 5.32 Å². The molecular formula is C17H12BrNO3. The Morgan fingerprint density at radius 2 is 1.77 bits per heavy atom. The molecule has 1 heterocycles. The van der Waals surface area contributed by atoms with Gasteiger partial charge in [-0.2, -0.15) is 0 Å². The molecule has 0 unspecified atom stereocenters. The van der Waals surface area contributed by atoms with E-state index in [9.17, 15) is 9.59 Å². The van der Waals surface area contributed by atoms with Crippen LogP contribution in [0.2, 0.25) is 0 Å². The third-order valence-corrected chi connectivity index (χ3v) is 3.74. The molecule has 4 nitrogen and oxygen atoms in total. The maximum Gasteiger partial charge on any atom is 0.291 e. The van der Waals surface area contributed by atoms with Crippen molar-refractivity contribution in [3.8, 4) is 0 Å². The van der Waals surface area contributed by atoms with Gasteiger partial charge in [0.15, 0.2) is 11.5 Å². The minimum Gasteiger partial charge on any atom is -0.451 e. The van der Waals surface area contributed by atoms with Gasteiger partial charge in [-0.3, -0.25) is 9.59 Å². The number of amides is 1. The molecule has 110 valence electrons. The van der Waals surface area contributed by atoms with E-state index in [1.165, 1.54) is 6.92 Å². The molecule has 0 fully saturated rings. The van der Waals surface area contributed by atoms with Crippen LogP contribution in [0.25, 0.3) is 11.0 Å². The molecule has 5 heteroatoms. The third-order valence-electron chi connectivity index (χ3n) is 3.25. The Hall–Kier alpha value is -2.40. The fraction of sp³-hybridized carbons (Fsp3) is 0.0588. The predicted octanol–water partition coefficient (Wildman–Crippen LogP) is 4.65. The first kappa shape index (κ1) is 14.5. The minimum absolute atomic E-state index is 0.0132. The molecule has 22 heavy (non-hydrogen) atoms. The van der Waals surface area contributed by atoms with Gasteiger partial charge in [0.25, 0.3) is 5.91 Å². The lowest BCUT2D eigenvalue weighted by Crippen LogP contribution is -2.10. The average molecular weight is 358 g/mol. The topological polar surface area (TPSA) is 59.3 Å². The van der Waals surface area contributed by atoms with Gasteiger partial charge in [0.05, 0.1) is 0 Å². The summed E-state index contributed by atoms with van der Waals surface area (Å²) < 4.78 is 6.46. The fourth-order valence-corrected chi connectivity index (χ4v) is 2.49. The smallest absolute Gasteiger partial charge is 0.291 e. The van der Waals surface area contributed by atoms with Crippen LogP contribution in [0.5, 0.6) is 0 Å². The second kappa shape index (κ2) is 5.77. The van der Waals surface area contributed by atoms with E-state index in [2.05, 4.69) is 21.2 Å². The van der Waals surface area contributed by atoms with Crippen molar-refractivity contribution in [1.29, 1.82) is 0 Å². The highest BCUT2D eigenvalue weighted by Gasteiger charge is 2.13. The summed E-state index contributed by atoms with van der Waals surface area (Å²) in [6.07, 6.45) is 0. The molecule has 0 aliphatic carbocycles. The van der Waals surface area contributed by atoms with E-state index < -0.39 is 0 Å². The minimum atomic E-state index is -0.331. The molecule has 1 amide bonds. The number of rotatable bonds is 3. The molecule has 0 aliphatic heterocycles. The van der Waals surface area contributed by atoms with Gasteiger partial charge in [-0.25, -0.2) is 0 Å². The second-order valence-electron chi connectivity index (χ2n) is 4.88. The number of benzene rings is 2. The number of nitrogens with one attached hydrogen (secondary N) is 1. The summed E-state index contributed by atoms with van der Waals surface area (Å²) in [5.41, 5.74) is 1.86. The van der Waals surface area contributed by atoms with E-state index in [0.717, 1.165) is 9.86 Å². The Morgan fingerprint density at radius 3 is 2.45 bits per heavy atom. The SMILES string of the molecule is CC(=O)c1ccc(NC(=O)c2cc3cc(Br)ccc3o2)cc1. The van der Waals surface area contributed by atoms with Crippen LogP contribution in [0.15, 0.2) is 57.4 Å². The molecule has 0 spiro atoms. The summed E-state index contributed by atoms with van der Waals surface area (Å²) in [6.45, 7) is 1.50. The van der Waals surface area contributed by atoms with Crippen molar-refractivity contribution in [3.63, 3.8) is 0 Å². The monoisotopic (exact) mass is 357 g/mol. The maximum atomic E-state index is 12.2. The summed E-state index contributed by atoms with van der Waals surface area (Å²) in [4.78, 5) is 23.4. The molecule has 0 saturated heterocycles. The lowest BCUT2D eigenvalue weighted by atomic mass is 10.1. The number of anilines is 1. The van der Waals surface area contributed by atoms with Crippen LogP contribution in [0.3, 0.4) is 0 Å². The van der Waals surface area contributed by atoms with Crippen molar-refractivity contribution >= 4 is 44.3 Å². The first-order valence-electron chi connectivity index (χ1n) is 6.64. The zero-order valence-corrected chi connectivity index (χ0v) is 13.3. The molecule has 0 saturated carbocycles. The van der Waals surface area contributed by atoms with Gasteiger partial charge < -0.3 is 9.73 Å². The Labute approximate surface area is 135 Å². The number of carbonyl (C=O) groups is 2. The van der Waals surface area contributed by atoms with Gasteiger partial charge in [-0.05, 0) is 55.5 Å². The molecule has 0 radical (unpaired) electrons. The van der Waals surface area contributed by atoms with Crippen molar-refractivity contribution in [2.75, 3.05) is 5.32 Å². The van der Waals surface area contributed by atoms with Gasteiger partial charge in [0.2, 0.25) is 0 Å². The summed E-state index contributed by atoms with van der Waals surface area (Å²) in [5.74, 6) is -0.104. The molecule has 0 atom stereocenters. The van der Waals surface area contributed by atoms with Crippen molar-refractivity contribution in [2.24, 2.45) is 0 Å². The Balaban J connectivity index is 1.81. The molecule has 0 aliphatic rings. The average Bonchev–Trinajstić information content (AvgIpc) is 2.91. The zero-order valence-electron chi connectivity index (χ0n) is 11.7. The molecule has 2 aromatic carbocycles. The predicted molar refractivity (Wildman–Crippen MR) is 88.3 cm³/mol. The van der Waals surface area contributed by atoms with Crippen molar-refractivity contribution < 1.29 is 14.0 Å². The van der Waals surface area contributed by atoms with Gasteiger partial charge >= 0.3 is 0 Å². The summed E-state index contributed by atoms with van der Waals surface area (Å²) in [6, 6.07) is 14.0. The molecular weight excluding hydrogens is 346 g/mol. The molecule has 3 rings (SSSR count). The largest absolute Gasteiger partial charge is 0.451 e. The first-order valence-corrected chi connectivity index (χ1v) is 7.44. The summed E-state index contributed by atoms with van der Waals surface area (Å²) in [5, 5.41) is 3.60. The zero-order chi connectivity index (χ0) is 15.7. The van der Waals surface area contributed by atoms with Gasteiger partial charge in [0.1, 0.15) is 5.58 Å². The van der Waals surface area contributed by atoms with Gasteiger partial charge in [-0.15, -0.1) is 0 Å². The number of carbonyl (C=O) groups excluding carboxylic acids is 2. The standard InChI is InChI=1S/C17H12BrNO3/c1-10(20)11-2-5-14(6-3-11)19-17(21)16-9-12-8-13(18)4-7-15(12)22-16/h2-9H,1H3,(H,19,21). The maximum absolute atomic E-state index is 12.2. The molecule has 1 aromatic heterocycles. The number of furan rings is 1. The number of fused-ring (bicyclic) bond motifs is 1. The van der Waals surface area contributed by atoms with Crippen LogP contribution in [0.4, 0.5) is 5.69 Å². The summed E-state index contributed by atoms with van der Waals surface area (Å²) >= 11 is 3.38. The van der Waals surface area contributed by atoms with Crippen LogP contribution in [0, 0.1) is 0 Å². The van der Waals surface area contributed by atoms with E-state index >= 15 is 0 Å². The van der Waals surface area contributed by atoms with Gasteiger partial charge in [0, 0.05) is 21.1 Å². The fourth-order valence-electron chi connectivity index (χ4n) is 2.11. The number of hydrogen-bond donors (Lipinski definition) is 1. The van der Waals surface area contributed by atoms with Crippen molar-refractivity contribution in [3.05, 3.63) is 64.3 Å². The second-order valence-corrected chi connectivity index (χ2v) is 5.80. The third kappa shape index (κ3) is 2.94. The highest BCUT2D eigenvalue weighted by molar-refractivity contribution is 9.10. The Morgan fingerprint density at radius 1 is 1.05 bits per heavy atom. The van der Waals surface area contributed by atoms with Crippen molar-refractivity contribution in [1.82, 2.24) is 0 Å². The first-order chi connectivity index (χ1) is 10.5. The molecule has 3 aromatic rings. The van der Waals surface area contributed by atoms with Crippen LogP contribution in [-0.2, 0) is 0 Å². The quantitative estimate of drug-likeness (QED) is 0.694. The normalized spacial score (nSPS) is 10.6. The van der Waals surface area contributed by atoms with Crippen LogP contribution in [-0.4, -0.2) is 11.7 Å². The Bertz CT molecular complexity index is 865. The number of ketones is 1. The number of hydrogen-bond acceptors (Lipinski definition) is 3. The number of halogens is 1. The van der Waals surface area contributed by atoms with E-state index in [4.69, 9.17) is 4.42 Å². The lowest BCUT2D eigenvalue weighted by Gasteiger charge is -2.03. The molecule has 1 N–H and O–H groups in total. The Kier molecular flexibility index (Phi) is 3.81. The summed E-state index contributed by atoms with van der Waals surface area (Å²) in [7, 11) is 0. The lowest BCUT2D eigenvalue weighted by molar-refractivity contribution is 0.0996. The van der Waals surface area contributed by atoms with Crippen molar-refractivity contribution in [2.45, 2.75) is 6.92 Å². The van der Waals surface area contributed by atoms with E-state index in [1.807, 2.05) is 12.1 Å². The highest BCUT2D eigenvalue weighted by Crippen LogP contribution is 2.24.